The summed E-state index contributed by atoms with van der Waals surface area (Å²) in [5.74, 6) is -0.466. The minimum atomic E-state index is -0.466. The van der Waals surface area contributed by atoms with E-state index in [1.165, 1.54) is 11.6 Å². The van der Waals surface area contributed by atoms with E-state index in [1.807, 2.05) is 24.3 Å². The van der Waals surface area contributed by atoms with Gasteiger partial charge in [-0.2, -0.15) is 5.26 Å². The Bertz CT molecular complexity index is 602. The SMILES string of the molecule is CCC(NCc1ccc(F)c(C#N)c1)c1ccccc1. The number of benzene rings is 2. The van der Waals surface area contributed by atoms with Crippen molar-refractivity contribution in [3.05, 3.63) is 71.0 Å². The van der Waals surface area contributed by atoms with Gasteiger partial charge in [0.2, 0.25) is 0 Å². The summed E-state index contributed by atoms with van der Waals surface area (Å²) < 4.78 is 13.3. The van der Waals surface area contributed by atoms with Gasteiger partial charge in [-0.25, -0.2) is 4.39 Å². The Morgan fingerprint density at radius 2 is 1.95 bits per heavy atom. The molecule has 0 radical (unpaired) electrons. The van der Waals surface area contributed by atoms with Crippen LogP contribution in [0.5, 0.6) is 0 Å². The fourth-order valence-corrected chi connectivity index (χ4v) is 2.19. The molecule has 3 heteroatoms. The molecular formula is C17H17FN2. The maximum absolute atomic E-state index is 13.3. The fourth-order valence-electron chi connectivity index (χ4n) is 2.19. The van der Waals surface area contributed by atoms with Gasteiger partial charge in [0, 0.05) is 12.6 Å². The predicted molar refractivity (Wildman–Crippen MR) is 77.4 cm³/mol. The minimum absolute atomic E-state index is 0.0945. The van der Waals surface area contributed by atoms with Crippen molar-refractivity contribution >= 4 is 0 Å². The van der Waals surface area contributed by atoms with Gasteiger partial charge in [0.15, 0.2) is 0 Å². The van der Waals surface area contributed by atoms with Crippen molar-refractivity contribution in [2.75, 3.05) is 0 Å². The highest BCUT2D eigenvalue weighted by atomic mass is 19.1. The van der Waals surface area contributed by atoms with E-state index in [-0.39, 0.29) is 11.6 Å². The number of rotatable bonds is 5. The summed E-state index contributed by atoms with van der Waals surface area (Å²) in [6.07, 6.45) is 0.969. The van der Waals surface area contributed by atoms with E-state index < -0.39 is 5.82 Å². The molecule has 0 saturated carbocycles. The lowest BCUT2D eigenvalue weighted by Crippen LogP contribution is -2.20. The molecule has 102 valence electrons. The second-order valence-corrected chi connectivity index (χ2v) is 4.68. The van der Waals surface area contributed by atoms with Crippen molar-refractivity contribution in [1.82, 2.24) is 5.32 Å². The van der Waals surface area contributed by atoms with Crippen LogP contribution in [0.1, 0.15) is 36.1 Å². The van der Waals surface area contributed by atoms with Crippen LogP contribution in [0, 0.1) is 17.1 Å². The maximum Gasteiger partial charge on any atom is 0.140 e. The lowest BCUT2D eigenvalue weighted by Gasteiger charge is -2.17. The zero-order chi connectivity index (χ0) is 14.4. The van der Waals surface area contributed by atoms with Crippen molar-refractivity contribution in [2.45, 2.75) is 25.9 Å². The van der Waals surface area contributed by atoms with Crippen LogP contribution < -0.4 is 5.32 Å². The monoisotopic (exact) mass is 268 g/mol. The summed E-state index contributed by atoms with van der Waals surface area (Å²) in [5, 5.41) is 12.3. The quantitative estimate of drug-likeness (QED) is 0.891. The van der Waals surface area contributed by atoms with E-state index in [9.17, 15) is 4.39 Å². The highest BCUT2D eigenvalue weighted by molar-refractivity contribution is 5.34. The fraction of sp³-hybridized carbons (Fsp3) is 0.235. The molecule has 0 saturated heterocycles. The summed E-state index contributed by atoms with van der Waals surface area (Å²) in [6.45, 7) is 2.73. The highest BCUT2D eigenvalue weighted by Gasteiger charge is 2.09. The van der Waals surface area contributed by atoms with Crippen molar-refractivity contribution in [2.24, 2.45) is 0 Å². The molecule has 2 aromatic carbocycles. The molecule has 2 rings (SSSR count). The Kier molecular flexibility index (Phi) is 4.86. The third kappa shape index (κ3) is 3.43. The van der Waals surface area contributed by atoms with Gasteiger partial charge in [0.05, 0.1) is 5.56 Å². The summed E-state index contributed by atoms with van der Waals surface area (Å²) >= 11 is 0. The Balaban J connectivity index is 2.06. The van der Waals surface area contributed by atoms with Gasteiger partial charge < -0.3 is 5.32 Å². The number of halogens is 1. The summed E-state index contributed by atoms with van der Waals surface area (Å²) in [6, 6.07) is 17.0. The van der Waals surface area contributed by atoms with Gasteiger partial charge in [0.1, 0.15) is 11.9 Å². The van der Waals surface area contributed by atoms with E-state index >= 15 is 0 Å². The van der Waals surface area contributed by atoms with Crippen LogP contribution in [0.3, 0.4) is 0 Å². The second kappa shape index (κ2) is 6.83. The standard InChI is InChI=1S/C17H17FN2/c1-2-17(14-6-4-3-5-7-14)20-12-13-8-9-16(18)15(10-13)11-19/h3-10,17,20H,2,12H2,1H3. The number of nitriles is 1. The Hall–Kier alpha value is -2.18. The van der Waals surface area contributed by atoms with Gasteiger partial charge in [-0.05, 0) is 29.7 Å². The molecule has 2 aromatic rings. The molecule has 0 aromatic heterocycles. The van der Waals surface area contributed by atoms with Crippen LogP contribution >= 0.6 is 0 Å². The van der Waals surface area contributed by atoms with Crippen LogP contribution in [-0.4, -0.2) is 0 Å². The highest BCUT2D eigenvalue weighted by Crippen LogP contribution is 2.17. The Labute approximate surface area is 118 Å². The molecule has 0 aliphatic rings. The summed E-state index contributed by atoms with van der Waals surface area (Å²) in [7, 11) is 0. The first kappa shape index (κ1) is 14.2. The van der Waals surface area contributed by atoms with E-state index in [1.54, 1.807) is 12.1 Å². The number of nitrogens with one attached hydrogen (secondary N) is 1. The lowest BCUT2D eigenvalue weighted by molar-refractivity contribution is 0.518. The van der Waals surface area contributed by atoms with E-state index in [0.29, 0.717) is 6.54 Å². The number of nitrogens with zero attached hydrogens (tertiary/aromatic N) is 1. The molecule has 1 atom stereocenters. The van der Waals surface area contributed by atoms with Crippen LogP contribution in [0.2, 0.25) is 0 Å². The zero-order valence-electron chi connectivity index (χ0n) is 11.4. The van der Waals surface area contributed by atoms with Crippen LogP contribution in [0.25, 0.3) is 0 Å². The molecule has 0 amide bonds. The first-order chi connectivity index (χ1) is 9.74. The lowest BCUT2D eigenvalue weighted by atomic mass is 10.0. The molecule has 0 aliphatic heterocycles. The molecule has 0 spiro atoms. The molecule has 1 unspecified atom stereocenters. The minimum Gasteiger partial charge on any atom is -0.306 e. The van der Waals surface area contributed by atoms with E-state index in [2.05, 4.69) is 24.4 Å². The first-order valence-corrected chi connectivity index (χ1v) is 6.71. The zero-order valence-corrected chi connectivity index (χ0v) is 11.4. The van der Waals surface area contributed by atoms with Gasteiger partial charge in [-0.1, -0.05) is 43.3 Å². The third-order valence-corrected chi connectivity index (χ3v) is 3.31. The molecule has 20 heavy (non-hydrogen) atoms. The van der Waals surface area contributed by atoms with Gasteiger partial charge in [-0.15, -0.1) is 0 Å². The molecule has 1 N–H and O–H groups in total. The number of hydrogen-bond acceptors (Lipinski definition) is 2. The predicted octanol–water partition coefficient (Wildman–Crippen LogP) is 3.94. The summed E-state index contributed by atoms with van der Waals surface area (Å²) in [5.41, 5.74) is 2.24. The smallest absolute Gasteiger partial charge is 0.140 e. The Morgan fingerprint density at radius 3 is 2.60 bits per heavy atom. The Morgan fingerprint density at radius 1 is 1.20 bits per heavy atom. The molecule has 2 nitrogen and oxygen atoms in total. The average molecular weight is 268 g/mol. The third-order valence-electron chi connectivity index (χ3n) is 3.31. The van der Waals surface area contributed by atoms with Gasteiger partial charge in [-0.3, -0.25) is 0 Å². The van der Waals surface area contributed by atoms with Crippen molar-refractivity contribution < 1.29 is 4.39 Å². The molecule has 0 heterocycles. The van der Waals surface area contributed by atoms with Crippen molar-refractivity contribution in [3.63, 3.8) is 0 Å². The molecule has 0 fully saturated rings. The van der Waals surface area contributed by atoms with Crippen LogP contribution in [-0.2, 0) is 6.54 Å². The van der Waals surface area contributed by atoms with Gasteiger partial charge in [0.25, 0.3) is 0 Å². The van der Waals surface area contributed by atoms with E-state index in [0.717, 1.165) is 12.0 Å². The maximum atomic E-state index is 13.3. The molecule has 0 aliphatic carbocycles. The van der Waals surface area contributed by atoms with Crippen molar-refractivity contribution in [1.29, 1.82) is 5.26 Å². The second-order valence-electron chi connectivity index (χ2n) is 4.68. The number of hydrogen-bond donors (Lipinski definition) is 1. The van der Waals surface area contributed by atoms with Crippen molar-refractivity contribution in [3.8, 4) is 6.07 Å². The molecule has 0 bridgehead atoms. The van der Waals surface area contributed by atoms with Crippen LogP contribution in [0.15, 0.2) is 48.5 Å². The van der Waals surface area contributed by atoms with E-state index in [4.69, 9.17) is 5.26 Å². The van der Waals surface area contributed by atoms with Gasteiger partial charge >= 0.3 is 0 Å². The first-order valence-electron chi connectivity index (χ1n) is 6.71. The normalized spacial score (nSPS) is 11.8. The largest absolute Gasteiger partial charge is 0.306 e. The summed E-state index contributed by atoms with van der Waals surface area (Å²) in [4.78, 5) is 0. The average Bonchev–Trinajstić information content (AvgIpc) is 2.50. The topological polar surface area (TPSA) is 35.8 Å². The molecular weight excluding hydrogens is 251 g/mol. The van der Waals surface area contributed by atoms with Crippen LogP contribution in [0.4, 0.5) is 4.39 Å².